The highest BCUT2D eigenvalue weighted by molar-refractivity contribution is 6.22. The lowest BCUT2D eigenvalue weighted by Gasteiger charge is -2.15. The quantitative estimate of drug-likeness (QED) is 0.183. The lowest BCUT2D eigenvalue weighted by atomic mass is 9.95. The molecule has 3 heterocycles. The molecule has 3 aliphatic carbocycles. The van der Waals surface area contributed by atoms with Gasteiger partial charge in [0.2, 0.25) is 0 Å². The number of nitriles is 1. The highest BCUT2D eigenvalue weighted by Crippen LogP contribution is 2.43. The zero-order valence-corrected chi connectivity index (χ0v) is 28.8. The van der Waals surface area contributed by atoms with Crippen molar-refractivity contribution >= 4 is 49.9 Å². The molecule has 5 nitrogen and oxygen atoms in total. The van der Waals surface area contributed by atoms with E-state index in [1.165, 1.54) is 49.7 Å². The molecule has 0 aliphatic heterocycles. The number of benzene rings is 4. The Morgan fingerprint density at radius 1 is 0.615 bits per heavy atom. The minimum absolute atomic E-state index is 0.687. The Morgan fingerprint density at radius 2 is 1.42 bits per heavy atom. The monoisotopic (exact) mass is 669 g/mol. The van der Waals surface area contributed by atoms with Crippen molar-refractivity contribution in [3.63, 3.8) is 0 Å². The van der Waals surface area contributed by atoms with E-state index in [1.54, 1.807) is 0 Å². The first kappa shape index (κ1) is 30.3. The normalized spacial score (nSPS) is 15.4. The summed E-state index contributed by atoms with van der Waals surface area (Å²) in [7, 11) is 0. The molecule has 0 bridgehead atoms. The zero-order chi connectivity index (χ0) is 34.6. The van der Waals surface area contributed by atoms with Gasteiger partial charge in [0.1, 0.15) is 0 Å². The largest absolute Gasteiger partial charge is 0.310 e. The Bertz CT molecular complexity index is 2790. The topological polar surface area (TPSA) is 59.4 Å². The number of nitrogens with zero attached hydrogens (tertiary/aromatic N) is 5. The van der Waals surface area contributed by atoms with Gasteiger partial charge in [-0.25, -0.2) is 9.97 Å². The van der Waals surface area contributed by atoms with Gasteiger partial charge >= 0.3 is 0 Å². The number of hydrogen-bond acceptors (Lipinski definition) is 3. The minimum Gasteiger partial charge on any atom is -0.310 e. The Hall–Kier alpha value is -6.51. The van der Waals surface area contributed by atoms with Crippen LogP contribution in [0, 0.1) is 11.3 Å². The number of allylic oxidation sites excluding steroid dienone is 9. The van der Waals surface area contributed by atoms with Gasteiger partial charge in [0.05, 0.1) is 34.0 Å². The van der Waals surface area contributed by atoms with Crippen LogP contribution in [0.5, 0.6) is 0 Å². The fourth-order valence-corrected chi connectivity index (χ4v) is 8.38. The van der Waals surface area contributed by atoms with Gasteiger partial charge in [0, 0.05) is 44.4 Å². The van der Waals surface area contributed by atoms with Gasteiger partial charge in [-0.1, -0.05) is 78.9 Å². The molecule has 0 saturated carbocycles. The van der Waals surface area contributed by atoms with E-state index in [0.29, 0.717) is 11.4 Å². The lowest BCUT2D eigenvalue weighted by molar-refractivity contribution is 0.968. The maximum Gasteiger partial charge on any atom is 0.160 e. The molecular weight excluding hydrogens is 635 g/mol. The second kappa shape index (κ2) is 12.4. The van der Waals surface area contributed by atoms with E-state index in [4.69, 9.17) is 9.97 Å². The summed E-state index contributed by atoms with van der Waals surface area (Å²) in [6.07, 6.45) is 21.0. The first-order valence-corrected chi connectivity index (χ1v) is 18.2. The van der Waals surface area contributed by atoms with E-state index in [0.717, 1.165) is 72.3 Å². The van der Waals surface area contributed by atoms with Crippen molar-refractivity contribution in [1.29, 1.82) is 5.26 Å². The Morgan fingerprint density at radius 3 is 2.29 bits per heavy atom. The molecule has 52 heavy (non-hydrogen) atoms. The summed E-state index contributed by atoms with van der Waals surface area (Å²) in [6.45, 7) is 0. The summed E-state index contributed by atoms with van der Waals surface area (Å²) >= 11 is 0. The average Bonchev–Trinajstić information content (AvgIpc) is 3.74. The van der Waals surface area contributed by atoms with E-state index in [-0.39, 0.29) is 0 Å². The molecular formula is C47H35N5. The summed E-state index contributed by atoms with van der Waals surface area (Å²) in [5, 5.41) is 13.6. The minimum atomic E-state index is 0.687. The van der Waals surface area contributed by atoms with Crippen LogP contribution in [0.25, 0.3) is 72.7 Å². The van der Waals surface area contributed by atoms with Gasteiger partial charge in [0.25, 0.3) is 0 Å². The first-order chi connectivity index (χ1) is 25.7. The van der Waals surface area contributed by atoms with Crippen LogP contribution in [0.2, 0.25) is 0 Å². The van der Waals surface area contributed by atoms with Crippen LogP contribution in [0.4, 0.5) is 0 Å². The van der Waals surface area contributed by atoms with E-state index >= 15 is 0 Å². The number of aryl methyl sites for hydroxylation is 1. The fourth-order valence-electron chi connectivity index (χ4n) is 8.38. The van der Waals surface area contributed by atoms with Crippen LogP contribution in [0.3, 0.4) is 0 Å². The van der Waals surface area contributed by atoms with Gasteiger partial charge in [-0.15, -0.1) is 0 Å². The third-order valence-electron chi connectivity index (χ3n) is 10.7. The third-order valence-corrected chi connectivity index (χ3v) is 10.7. The number of para-hydroxylation sites is 2. The molecule has 7 aromatic rings. The third kappa shape index (κ3) is 4.91. The van der Waals surface area contributed by atoms with Crippen molar-refractivity contribution in [2.45, 2.75) is 38.5 Å². The van der Waals surface area contributed by atoms with Gasteiger partial charge in [-0.05, 0) is 116 Å². The Kier molecular flexibility index (Phi) is 7.21. The molecule has 0 saturated heterocycles. The zero-order valence-electron chi connectivity index (χ0n) is 28.8. The van der Waals surface area contributed by atoms with Gasteiger partial charge in [0.15, 0.2) is 5.82 Å². The van der Waals surface area contributed by atoms with Crippen LogP contribution >= 0.6 is 0 Å². The van der Waals surface area contributed by atoms with Gasteiger partial charge in [-0.3, -0.25) is 0 Å². The van der Waals surface area contributed by atoms with E-state index in [9.17, 15) is 5.26 Å². The standard InChI is InChI=1S/C47H35N5/c48-30-31-13-11-16-33(27-31)40-29-39(32-14-3-1-4-15-32)49-47(50-40)34-17-12-20-36(28-34)52-42-24-10-8-22-38(42)46-44(52)26-25-43-45(46)37-21-7-9-23-41(37)51(43)35-18-5-2-6-19-35/h2-3,5-6,8-10,12-15,17-20,22-29H,1,4,7,11,16,21H2. The number of fused-ring (bicyclic) bond motifs is 7. The molecule has 4 aromatic carbocycles. The molecule has 10 rings (SSSR count). The number of aromatic nitrogens is 4. The van der Waals surface area contributed by atoms with Crippen LogP contribution in [-0.4, -0.2) is 19.1 Å². The molecule has 0 radical (unpaired) electrons. The van der Waals surface area contributed by atoms with E-state index in [1.807, 2.05) is 12.2 Å². The average molecular weight is 670 g/mol. The smallest absolute Gasteiger partial charge is 0.160 e. The van der Waals surface area contributed by atoms with Crippen molar-refractivity contribution in [1.82, 2.24) is 19.1 Å². The van der Waals surface area contributed by atoms with Crippen molar-refractivity contribution in [2.75, 3.05) is 0 Å². The van der Waals surface area contributed by atoms with Crippen molar-refractivity contribution < 1.29 is 0 Å². The van der Waals surface area contributed by atoms with Crippen molar-refractivity contribution in [2.24, 2.45) is 0 Å². The maximum absolute atomic E-state index is 9.67. The van der Waals surface area contributed by atoms with Crippen LogP contribution < -0.4 is 0 Å². The highest BCUT2D eigenvalue weighted by atomic mass is 15.0. The number of rotatable bonds is 5. The number of hydrogen-bond donors (Lipinski definition) is 0. The second-order valence-electron chi connectivity index (χ2n) is 13.8. The highest BCUT2D eigenvalue weighted by Gasteiger charge is 2.24. The lowest BCUT2D eigenvalue weighted by Crippen LogP contribution is -2.03. The molecule has 248 valence electrons. The maximum atomic E-state index is 9.67. The van der Waals surface area contributed by atoms with Gasteiger partial charge in [-0.2, -0.15) is 5.26 Å². The van der Waals surface area contributed by atoms with Crippen molar-refractivity contribution in [3.05, 3.63) is 162 Å². The molecule has 0 fully saturated rings. The Labute approximate surface area is 302 Å². The molecule has 3 aromatic heterocycles. The summed E-state index contributed by atoms with van der Waals surface area (Å²) in [5.74, 6) is 0.687. The Balaban J connectivity index is 1.19. The second-order valence-corrected chi connectivity index (χ2v) is 13.8. The van der Waals surface area contributed by atoms with Crippen LogP contribution in [-0.2, 0) is 6.42 Å². The summed E-state index contributed by atoms with van der Waals surface area (Å²) in [4.78, 5) is 10.3. The SMILES string of the molecule is N#CC1=CCCC(c2cc(C3=CCCC=C3)nc(-c3cccc(-n4c5ccccc5c5c6c7c(n(-c8ccccc8)c6ccc54)C=CCC7)c3)n2)=C1. The van der Waals surface area contributed by atoms with Gasteiger partial charge < -0.3 is 9.13 Å². The van der Waals surface area contributed by atoms with Crippen molar-refractivity contribution in [3.8, 4) is 28.8 Å². The summed E-state index contributed by atoms with van der Waals surface area (Å²) in [6, 6.07) is 37.2. The van der Waals surface area contributed by atoms with Crippen LogP contribution in [0.15, 0.2) is 139 Å². The summed E-state index contributed by atoms with van der Waals surface area (Å²) in [5.41, 5.74) is 14.2. The molecule has 0 unspecified atom stereocenters. The summed E-state index contributed by atoms with van der Waals surface area (Å²) < 4.78 is 4.84. The molecule has 5 heteroatoms. The fraction of sp³-hybridized carbons (Fsp3) is 0.128. The first-order valence-electron chi connectivity index (χ1n) is 18.2. The molecule has 0 spiro atoms. The van der Waals surface area contributed by atoms with E-state index < -0.39 is 0 Å². The van der Waals surface area contributed by atoms with Crippen LogP contribution in [0.1, 0.15) is 54.7 Å². The predicted molar refractivity (Wildman–Crippen MR) is 213 cm³/mol. The molecule has 3 aliphatic rings. The molecule has 0 atom stereocenters. The predicted octanol–water partition coefficient (Wildman–Crippen LogP) is 11.5. The molecule has 0 amide bonds. The van der Waals surface area contributed by atoms with E-state index in [2.05, 4.69) is 143 Å². The molecule has 0 N–H and O–H groups in total.